The first-order chi connectivity index (χ1) is 7.77. The van der Waals surface area contributed by atoms with Crippen molar-refractivity contribution in [3.8, 4) is 0 Å². The Morgan fingerprint density at radius 2 is 2.25 bits per heavy atom. The third-order valence-corrected chi connectivity index (χ3v) is 3.73. The maximum Gasteiger partial charge on any atom is 0.140 e. The molecule has 1 N–H and O–H groups in total. The molecule has 0 bridgehead atoms. The Bertz CT molecular complexity index is 337. The molecule has 1 unspecified atom stereocenters. The molecule has 0 saturated carbocycles. The summed E-state index contributed by atoms with van der Waals surface area (Å²) in [5, 5.41) is 3.39. The number of anilines is 1. The van der Waals surface area contributed by atoms with Crippen LogP contribution < -0.4 is 5.32 Å². The summed E-state index contributed by atoms with van der Waals surface area (Å²) in [5.41, 5.74) is 0. The lowest BCUT2D eigenvalue weighted by Crippen LogP contribution is -2.35. The second-order valence-electron chi connectivity index (χ2n) is 4.31. The summed E-state index contributed by atoms with van der Waals surface area (Å²) in [6.07, 6.45) is 4.50. The summed E-state index contributed by atoms with van der Waals surface area (Å²) in [6, 6.07) is 4.52. The van der Waals surface area contributed by atoms with Crippen LogP contribution in [0.15, 0.2) is 22.8 Å². The Labute approximate surface area is 105 Å². The fraction of sp³-hybridized carbons (Fsp3) is 0.583. The summed E-state index contributed by atoms with van der Waals surface area (Å²) in [6.45, 7) is 5.71. The van der Waals surface area contributed by atoms with Crippen LogP contribution in [0.5, 0.6) is 0 Å². The van der Waals surface area contributed by atoms with Crippen molar-refractivity contribution in [2.24, 2.45) is 0 Å². The number of aromatic nitrogens is 1. The zero-order valence-electron chi connectivity index (χ0n) is 9.62. The van der Waals surface area contributed by atoms with Crippen LogP contribution in [0, 0.1) is 0 Å². The largest absolute Gasteiger partial charge is 0.368 e. The zero-order chi connectivity index (χ0) is 11.4. The molecule has 1 aliphatic heterocycles. The number of hydrogen-bond donors (Lipinski definition) is 1. The summed E-state index contributed by atoms with van der Waals surface area (Å²) in [5.74, 6) is 0.938. The Hall–Kier alpha value is -0.610. The number of nitrogens with one attached hydrogen (secondary N) is 1. The fourth-order valence-electron chi connectivity index (χ4n) is 2.07. The van der Waals surface area contributed by atoms with Gasteiger partial charge in [-0.1, -0.05) is 0 Å². The van der Waals surface area contributed by atoms with E-state index in [2.05, 4.69) is 38.1 Å². The molecule has 0 radical (unpaired) electrons. The predicted octanol–water partition coefficient (Wildman–Crippen LogP) is 2.74. The van der Waals surface area contributed by atoms with Gasteiger partial charge in [0.1, 0.15) is 5.82 Å². The molecule has 16 heavy (non-hydrogen) atoms. The average Bonchev–Trinajstić information content (AvgIpc) is 2.81. The molecule has 3 nitrogen and oxygen atoms in total. The second-order valence-corrected chi connectivity index (χ2v) is 5.16. The standard InChI is InChI=1S/C12H18BrN3/c1-10(16-7-2-3-8-16)9-15-12-11(13)5-4-6-14-12/h4-6,10H,2-3,7-9H2,1H3,(H,14,15). The van der Waals surface area contributed by atoms with Crippen molar-refractivity contribution in [3.05, 3.63) is 22.8 Å². The van der Waals surface area contributed by atoms with Crippen LogP contribution in [-0.2, 0) is 0 Å². The van der Waals surface area contributed by atoms with Gasteiger partial charge in [-0.05, 0) is 60.9 Å². The summed E-state index contributed by atoms with van der Waals surface area (Å²) in [7, 11) is 0. The van der Waals surface area contributed by atoms with Gasteiger partial charge in [0.25, 0.3) is 0 Å². The lowest BCUT2D eigenvalue weighted by Gasteiger charge is -2.24. The molecule has 1 aromatic rings. The monoisotopic (exact) mass is 283 g/mol. The minimum absolute atomic E-state index is 0.580. The predicted molar refractivity (Wildman–Crippen MR) is 70.7 cm³/mol. The van der Waals surface area contributed by atoms with E-state index in [0.717, 1.165) is 16.8 Å². The molecule has 0 spiro atoms. The number of likely N-dealkylation sites (tertiary alicyclic amines) is 1. The highest BCUT2D eigenvalue weighted by atomic mass is 79.9. The second kappa shape index (κ2) is 5.64. The van der Waals surface area contributed by atoms with Crippen molar-refractivity contribution in [2.45, 2.75) is 25.8 Å². The summed E-state index contributed by atoms with van der Waals surface area (Å²) < 4.78 is 1.03. The van der Waals surface area contributed by atoms with Crippen molar-refractivity contribution < 1.29 is 0 Å². The van der Waals surface area contributed by atoms with E-state index < -0.39 is 0 Å². The maximum absolute atomic E-state index is 4.30. The number of nitrogens with zero attached hydrogens (tertiary/aromatic N) is 2. The lowest BCUT2D eigenvalue weighted by atomic mass is 10.3. The molecule has 0 amide bonds. The molecule has 2 rings (SSSR count). The fourth-order valence-corrected chi connectivity index (χ4v) is 2.47. The summed E-state index contributed by atoms with van der Waals surface area (Å²) in [4.78, 5) is 6.83. The third-order valence-electron chi connectivity index (χ3n) is 3.09. The lowest BCUT2D eigenvalue weighted by molar-refractivity contribution is 0.269. The molecule has 0 aliphatic carbocycles. The molecular weight excluding hydrogens is 266 g/mol. The van der Waals surface area contributed by atoms with Gasteiger partial charge < -0.3 is 5.32 Å². The van der Waals surface area contributed by atoms with Crippen molar-refractivity contribution in [3.63, 3.8) is 0 Å². The normalized spacial score (nSPS) is 18.6. The van der Waals surface area contributed by atoms with E-state index in [1.165, 1.54) is 25.9 Å². The third kappa shape index (κ3) is 2.95. The van der Waals surface area contributed by atoms with Crippen LogP contribution in [-0.4, -0.2) is 35.6 Å². The van der Waals surface area contributed by atoms with Gasteiger partial charge in [0.15, 0.2) is 0 Å². The Morgan fingerprint density at radius 3 is 2.94 bits per heavy atom. The molecule has 1 atom stereocenters. The average molecular weight is 284 g/mol. The Balaban J connectivity index is 1.84. The van der Waals surface area contributed by atoms with Gasteiger partial charge in [0.2, 0.25) is 0 Å². The molecule has 88 valence electrons. The zero-order valence-corrected chi connectivity index (χ0v) is 11.2. The number of pyridine rings is 1. The first kappa shape index (κ1) is 11.9. The minimum Gasteiger partial charge on any atom is -0.368 e. The first-order valence-corrected chi connectivity index (χ1v) is 6.65. The Morgan fingerprint density at radius 1 is 1.50 bits per heavy atom. The molecular formula is C12H18BrN3. The smallest absolute Gasteiger partial charge is 0.140 e. The molecule has 1 aliphatic rings. The van der Waals surface area contributed by atoms with Gasteiger partial charge in [-0.15, -0.1) is 0 Å². The van der Waals surface area contributed by atoms with E-state index in [1.54, 1.807) is 0 Å². The van der Waals surface area contributed by atoms with E-state index in [-0.39, 0.29) is 0 Å². The van der Waals surface area contributed by atoms with Crippen LogP contribution in [0.1, 0.15) is 19.8 Å². The van der Waals surface area contributed by atoms with E-state index in [1.807, 2.05) is 18.3 Å². The molecule has 4 heteroatoms. The topological polar surface area (TPSA) is 28.2 Å². The van der Waals surface area contributed by atoms with E-state index in [4.69, 9.17) is 0 Å². The van der Waals surface area contributed by atoms with E-state index >= 15 is 0 Å². The highest BCUT2D eigenvalue weighted by Crippen LogP contribution is 2.19. The van der Waals surface area contributed by atoms with Gasteiger partial charge in [-0.25, -0.2) is 4.98 Å². The van der Waals surface area contributed by atoms with Crippen molar-refractivity contribution >= 4 is 21.7 Å². The quantitative estimate of drug-likeness (QED) is 0.921. The van der Waals surface area contributed by atoms with Crippen LogP contribution in [0.3, 0.4) is 0 Å². The van der Waals surface area contributed by atoms with Crippen molar-refractivity contribution in [2.75, 3.05) is 25.0 Å². The molecule has 1 fully saturated rings. The van der Waals surface area contributed by atoms with Gasteiger partial charge in [-0.2, -0.15) is 0 Å². The van der Waals surface area contributed by atoms with Gasteiger partial charge >= 0.3 is 0 Å². The van der Waals surface area contributed by atoms with Crippen LogP contribution >= 0.6 is 15.9 Å². The van der Waals surface area contributed by atoms with E-state index in [9.17, 15) is 0 Å². The highest BCUT2D eigenvalue weighted by molar-refractivity contribution is 9.10. The summed E-state index contributed by atoms with van der Waals surface area (Å²) >= 11 is 3.49. The van der Waals surface area contributed by atoms with Crippen molar-refractivity contribution in [1.82, 2.24) is 9.88 Å². The van der Waals surface area contributed by atoms with E-state index in [0.29, 0.717) is 6.04 Å². The number of hydrogen-bond acceptors (Lipinski definition) is 3. The molecule has 1 saturated heterocycles. The number of halogens is 1. The molecule has 1 aromatic heterocycles. The van der Waals surface area contributed by atoms with Crippen LogP contribution in [0.2, 0.25) is 0 Å². The van der Waals surface area contributed by atoms with Gasteiger partial charge in [0, 0.05) is 18.8 Å². The first-order valence-electron chi connectivity index (χ1n) is 5.86. The highest BCUT2D eigenvalue weighted by Gasteiger charge is 2.17. The van der Waals surface area contributed by atoms with Gasteiger partial charge in [-0.3, -0.25) is 4.90 Å². The Kier molecular flexibility index (Phi) is 4.18. The SMILES string of the molecule is CC(CNc1ncccc1Br)N1CCCC1. The van der Waals surface area contributed by atoms with Gasteiger partial charge in [0.05, 0.1) is 4.47 Å². The van der Waals surface area contributed by atoms with Crippen LogP contribution in [0.25, 0.3) is 0 Å². The van der Waals surface area contributed by atoms with Crippen LogP contribution in [0.4, 0.5) is 5.82 Å². The molecule has 0 aromatic carbocycles. The van der Waals surface area contributed by atoms with Crippen molar-refractivity contribution in [1.29, 1.82) is 0 Å². The maximum atomic E-state index is 4.30. The minimum atomic E-state index is 0.580. The molecule has 2 heterocycles. The number of rotatable bonds is 4.